The highest BCUT2D eigenvalue weighted by molar-refractivity contribution is 5.84. The molecule has 1 saturated heterocycles. The largest absolute Gasteiger partial charge is 0.466 e. The summed E-state index contributed by atoms with van der Waals surface area (Å²) in [5.41, 5.74) is 1.74. The van der Waals surface area contributed by atoms with Gasteiger partial charge in [-0.25, -0.2) is 9.59 Å². The van der Waals surface area contributed by atoms with Crippen LogP contribution in [0.15, 0.2) is 84.9 Å². The van der Waals surface area contributed by atoms with E-state index in [4.69, 9.17) is 9.47 Å². The molecule has 0 atom stereocenters. The highest BCUT2D eigenvalue weighted by atomic mass is 16.6. The molecule has 0 aromatic heterocycles. The quantitative estimate of drug-likeness (QED) is 0.411. The van der Waals surface area contributed by atoms with Gasteiger partial charge in [0.25, 0.3) is 0 Å². The minimum absolute atomic E-state index is 0.258. The van der Waals surface area contributed by atoms with E-state index >= 15 is 0 Å². The predicted octanol–water partition coefficient (Wildman–Crippen LogP) is 5.24. The number of amides is 1. The molecule has 5 heteroatoms. The number of rotatable bonds is 5. The molecule has 164 valence electrons. The Morgan fingerprint density at radius 2 is 1.62 bits per heavy atom. The zero-order valence-corrected chi connectivity index (χ0v) is 18.2. The van der Waals surface area contributed by atoms with Crippen LogP contribution in [0.25, 0.3) is 10.8 Å². The second-order valence-electron chi connectivity index (χ2n) is 8.10. The maximum Gasteiger partial charge on any atom is 0.410 e. The molecule has 1 amide bonds. The number of hydrogen-bond donors (Lipinski definition) is 0. The summed E-state index contributed by atoms with van der Waals surface area (Å²) < 4.78 is 10.3. The van der Waals surface area contributed by atoms with Gasteiger partial charge in [-0.3, -0.25) is 0 Å². The van der Waals surface area contributed by atoms with E-state index in [9.17, 15) is 9.59 Å². The minimum Gasteiger partial charge on any atom is -0.466 e. The molecule has 5 nitrogen and oxygen atoms in total. The second kappa shape index (κ2) is 9.69. The normalized spacial score (nSPS) is 15.6. The van der Waals surface area contributed by atoms with Gasteiger partial charge in [0, 0.05) is 24.6 Å². The lowest BCUT2D eigenvalue weighted by atomic mass is 9.72. The fourth-order valence-corrected chi connectivity index (χ4v) is 4.25. The lowest BCUT2D eigenvalue weighted by Crippen LogP contribution is -2.44. The van der Waals surface area contributed by atoms with Gasteiger partial charge < -0.3 is 14.4 Å². The number of allylic oxidation sites excluding steroid dienone is 1. The van der Waals surface area contributed by atoms with Crippen molar-refractivity contribution in [2.24, 2.45) is 0 Å². The number of nitrogens with zero attached hydrogens (tertiary/aromatic N) is 1. The minimum atomic E-state index is -0.380. The molecule has 0 bridgehead atoms. The standard InChI is InChI=1S/C27H27NO4/c1-31-25(29)13-14-27(24-12-11-22-9-5-6-10-23(22)19-24)15-17-28(18-16-27)26(30)32-20-21-7-3-2-4-8-21/h2-14,19H,15-18,20H2,1H3/b14-13+. The van der Waals surface area contributed by atoms with Crippen molar-refractivity contribution in [3.8, 4) is 0 Å². The number of likely N-dealkylation sites (tertiary alicyclic amines) is 1. The van der Waals surface area contributed by atoms with Crippen LogP contribution in [0.1, 0.15) is 24.0 Å². The monoisotopic (exact) mass is 429 g/mol. The van der Waals surface area contributed by atoms with Crippen molar-refractivity contribution in [1.29, 1.82) is 0 Å². The summed E-state index contributed by atoms with van der Waals surface area (Å²) in [5.74, 6) is -0.380. The van der Waals surface area contributed by atoms with Gasteiger partial charge in [0.05, 0.1) is 7.11 Å². The van der Waals surface area contributed by atoms with E-state index in [-0.39, 0.29) is 24.1 Å². The van der Waals surface area contributed by atoms with Crippen molar-refractivity contribution < 1.29 is 19.1 Å². The lowest BCUT2D eigenvalue weighted by Gasteiger charge is -2.40. The number of fused-ring (bicyclic) bond motifs is 1. The Hall–Kier alpha value is -3.60. The van der Waals surface area contributed by atoms with Crippen molar-refractivity contribution in [3.05, 3.63) is 96.1 Å². The molecule has 3 aromatic rings. The number of carbonyl (C=O) groups excluding carboxylic acids is 2. The van der Waals surface area contributed by atoms with Crippen molar-refractivity contribution in [2.75, 3.05) is 20.2 Å². The van der Waals surface area contributed by atoms with Crippen LogP contribution in [-0.2, 0) is 26.3 Å². The van der Waals surface area contributed by atoms with Crippen LogP contribution in [0.3, 0.4) is 0 Å². The Labute approximate surface area is 188 Å². The molecule has 0 radical (unpaired) electrons. The predicted molar refractivity (Wildman–Crippen MR) is 124 cm³/mol. The Bertz CT molecular complexity index is 1110. The van der Waals surface area contributed by atoms with Crippen molar-refractivity contribution in [3.63, 3.8) is 0 Å². The highest BCUT2D eigenvalue weighted by Crippen LogP contribution is 2.38. The van der Waals surface area contributed by atoms with Gasteiger partial charge in [0.2, 0.25) is 0 Å². The zero-order chi connectivity index (χ0) is 22.4. The molecule has 32 heavy (non-hydrogen) atoms. The van der Waals surface area contributed by atoms with E-state index < -0.39 is 0 Å². The summed E-state index contributed by atoms with van der Waals surface area (Å²) in [6.45, 7) is 1.35. The van der Waals surface area contributed by atoms with E-state index in [1.54, 1.807) is 4.90 Å². The van der Waals surface area contributed by atoms with E-state index in [1.165, 1.54) is 18.6 Å². The number of piperidine rings is 1. The first-order valence-corrected chi connectivity index (χ1v) is 10.8. The van der Waals surface area contributed by atoms with Crippen LogP contribution >= 0.6 is 0 Å². The van der Waals surface area contributed by atoms with Crippen LogP contribution < -0.4 is 0 Å². The molecule has 0 unspecified atom stereocenters. The van der Waals surface area contributed by atoms with E-state index in [1.807, 2.05) is 48.5 Å². The number of ether oxygens (including phenoxy) is 2. The summed E-state index contributed by atoms with van der Waals surface area (Å²) in [6, 6.07) is 24.3. The van der Waals surface area contributed by atoms with Gasteiger partial charge in [-0.2, -0.15) is 0 Å². The maximum absolute atomic E-state index is 12.6. The Balaban J connectivity index is 1.51. The maximum atomic E-state index is 12.6. The molecule has 4 rings (SSSR count). The lowest BCUT2D eigenvalue weighted by molar-refractivity contribution is -0.134. The number of carbonyl (C=O) groups is 2. The number of benzene rings is 3. The second-order valence-corrected chi connectivity index (χ2v) is 8.10. The molecule has 0 spiro atoms. The molecule has 3 aromatic carbocycles. The molecule has 0 aliphatic carbocycles. The Morgan fingerprint density at radius 3 is 2.34 bits per heavy atom. The highest BCUT2D eigenvalue weighted by Gasteiger charge is 2.36. The summed E-state index contributed by atoms with van der Waals surface area (Å²) in [4.78, 5) is 26.2. The van der Waals surface area contributed by atoms with Crippen LogP contribution in [0.5, 0.6) is 0 Å². The first-order valence-electron chi connectivity index (χ1n) is 10.8. The third-order valence-electron chi connectivity index (χ3n) is 6.18. The first kappa shape index (κ1) is 21.6. The van der Waals surface area contributed by atoms with Crippen LogP contribution in [0, 0.1) is 0 Å². The van der Waals surface area contributed by atoms with E-state index in [0.717, 1.165) is 16.5 Å². The SMILES string of the molecule is COC(=O)/C=C/C1(c2ccc3ccccc3c2)CCN(C(=O)OCc2ccccc2)CC1. The van der Waals surface area contributed by atoms with Gasteiger partial charge in [0.15, 0.2) is 0 Å². The van der Waals surface area contributed by atoms with Gasteiger partial charge in [-0.05, 0) is 34.7 Å². The van der Waals surface area contributed by atoms with Gasteiger partial charge >= 0.3 is 12.1 Å². The summed E-state index contributed by atoms with van der Waals surface area (Å²) in [6.07, 6.45) is 4.52. The first-order chi connectivity index (χ1) is 15.6. The zero-order valence-electron chi connectivity index (χ0n) is 18.2. The van der Waals surface area contributed by atoms with Gasteiger partial charge in [-0.1, -0.05) is 78.9 Å². The van der Waals surface area contributed by atoms with E-state index in [2.05, 4.69) is 30.3 Å². The smallest absolute Gasteiger partial charge is 0.410 e. The molecule has 0 N–H and O–H groups in total. The fraction of sp³-hybridized carbons (Fsp3) is 0.259. The van der Waals surface area contributed by atoms with Crippen LogP contribution in [0.2, 0.25) is 0 Å². The summed E-state index contributed by atoms with van der Waals surface area (Å²) in [7, 11) is 1.38. The third kappa shape index (κ3) is 4.83. The molecule has 1 aliphatic rings. The molecular formula is C27H27NO4. The average molecular weight is 430 g/mol. The van der Waals surface area contributed by atoms with Crippen molar-refractivity contribution in [2.45, 2.75) is 24.9 Å². The van der Waals surface area contributed by atoms with Gasteiger partial charge in [0.1, 0.15) is 6.61 Å². The van der Waals surface area contributed by atoms with Crippen molar-refractivity contribution >= 4 is 22.8 Å². The molecule has 1 fully saturated rings. The third-order valence-corrected chi connectivity index (χ3v) is 6.18. The van der Waals surface area contributed by atoms with Gasteiger partial charge in [-0.15, -0.1) is 0 Å². The summed E-state index contributed by atoms with van der Waals surface area (Å²) >= 11 is 0. The Kier molecular flexibility index (Phi) is 6.55. The topological polar surface area (TPSA) is 55.8 Å². The molecule has 1 aliphatic heterocycles. The average Bonchev–Trinajstić information content (AvgIpc) is 2.86. The number of esters is 1. The molecule has 0 saturated carbocycles. The Morgan fingerprint density at radius 1 is 0.938 bits per heavy atom. The van der Waals surface area contributed by atoms with E-state index in [0.29, 0.717) is 25.9 Å². The molecule has 1 heterocycles. The summed E-state index contributed by atoms with van der Waals surface area (Å²) in [5, 5.41) is 2.32. The van der Waals surface area contributed by atoms with Crippen LogP contribution in [0.4, 0.5) is 4.79 Å². The number of hydrogen-bond acceptors (Lipinski definition) is 4. The molecular weight excluding hydrogens is 402 g/mol. The fourth-order valence-electron chi connectivity index (χ4n) is 4.25. The van der Waals surface area contributed by atoms with Crippen molar-refractivity contribution in [1.82, 2.24) is 4.90 Å². The number of methoxy groups -OCH3 is 1. The van der Waals surface area contributed by atoms with Crippen LogP contribution in [-0.4, -0.2) is 37.2 Å².